The lowest BCUT2D eigenvalue weighted by Crippen LogP contribution is -2.41. The number of carbonyl (C=O) groups excluding carboxylic acids is 1. The van der Waals surface area contributed by atoms with Gasteiger partial charge in [-0.25, -0.2) is 0 Å². The lowest BCUT2D eigenvalue weighted by atomic mass is 10.1. The fourth-order valence-corrected chi connectivity index (χ4v) is 2.78. The van der Waals surface area contributed by atoms with Crippen molar-refractivity contribution in [2.24, 2.45) is 7.05 Å². The van der Waals surface area contributed by atoms with E-state index in [9.17, 15) is 4.79 Å². The topological polar surface area (TPSA) is 50.2 Å². The van der Waals surface area contributed by atoms with Crippen LogP contribution >= 0.6 is 0 Å². The number of carbonyl (C=O) groups is 1. The van der Waals surface area contributed by atoms with Gasteiger partial charge in [0.1, 0.15) is 0 Å². The van der Waals surface area contributed by atoms with Crippen LogP contribution < -0.4 is 5.32 Å². The van der Waals surface area contributed by atoms with E-state index in [1.54, 1.807) is 4.68 Å². The molecule has 0 saturated carbocycles. The summed E-state index contributed by atoms with van der Waals surface area (Å²) in [6.07, 6.45) is 2.37. The van der Waals surface area contributed by atoms with Gasteiger partial charge in [-0.05, 0) is 40.2 Å². The van der Waals surface area contributed by atoms with Crippen molar-refractivity contribution in [1.82, 2.24) is 20.0 Å². The average molecular weight is 264 g/mol. The standard InChI is InChI=1S/C14H24N4O/c1-5-18(9-12-7-6-8-15-12)14(19)13-10(2)16-17(4)11(13)3/h12,15H,5-9H2,1-4H3. The number of aryl methyl sites for hydroxylation is 2. The second-order valence-corrected chi connectivity index (χ2v) is 5.31. The molecule has 5 heteroatoms. The SMILES string of the molecule is CCN(CC1CCCN1)C(=O)c1c(C)nn(C)c1C. The number of hydrogen-bond donors (Lipinski definition) is 1. The van der Waals surface area contributed by atoms with E-state index in [4.69, 9.17) is 0 Å². The van der Waals surface area contributed by atoms with Gasteiger partial charge in [-0.2, -0.15) is 5.10 Å². The molecule has 1 unspecified atom stereocenters. The largest absolute Gasteiger partial charge is 0.337 e. The molecule has 0 aromatic carbocycles. The van der Waals surface area contributed by atoms with E-state index < -0.39 is 0 Å². The lowest BCUT2D eigenvalue weighted by molar-refractivity contribution is 0.0749. The van der Waals surface area contributed by atoms with E-state index in [0.717, 1.165) is 43.0 Å². The van der Waals surface area contributed by atoms with Crippen LogP contribution in [0.1, 0.15) is 41.5 Å². The summed E-state index contributed by atoms with van der Waals surface area (Å²) in [6.45, 7) is 8.50. The molecular weight excluding hydrogens is 240 g/mol. The monoisotopic (exact) mass is 264 g/mol. The Balaban J connectivity index is 2.15. The number of nitrogens with one attached hydrogen (secondary N) is 1. The summed E-state index contributed by atoms with van der Waals surface area (Å²) >= 11 is 0. The van der Waals surface area contributed by atoms with Crippen molar-refractivity contribution in [3.05, 3.63) is 17.0 Å². The fourth-order valence-electron chi connectivity index (χ4n) is 2.78. The third-order valence-electron chi connectivity index (χ3n) is 3.99. The van der Waals surface area contributed by atoms with E-state index in [2.05, 4.69) is 10.4 Å². The van der Waals surface area contributed by atoms with Gasteiger partial charge in [-0.15, -0.1) is 0 Å². The molecule has 5 nitrogen and oxygen atoms in total. The zero-order valence-electron chi connectivity index (χ0n) is 12.4. The van der Waals surface area contributed by atoms with Crippen LogP contribution in [0.5, 0.6) is 0 Å². The van der Waals surface area contributed by atoms with Crippen molar-refractivity contribution in [3.8, 4) is 0 Å². The van der Waals surface area contributed by atoms with E-state index in [0.29, 0.717) is 6.04 Å². The first-order valence-corrected chi connectivity index (χ1v) is 7.07. The predicted molar refractivity (Wildman–Crippen MR) is 75.3 cm³/mol. The van der Waals surface area contributed by atoms with Gasteiger partial charge in [0.25, 0.3) is 5.91 Å². The molecule has 1 amide bonds. The lowest BCUT2D eigenvalue weighted by Gasteiger charge is -2.24. The van der Waals surface area contributed by atoms with Gasteiger partial charge in [-0.1, -0.05) is 0 Å². The Morgan fingerprint density at radius 1 is 1.53 bits per heavy atom. The van der Waals surface area contributed by atoms with Crippen molar-refractivity contribution >= 4 is 5.91 Å². The van der Waals surface area contributed by atoms with E-state index >= 15 is 0 Å². The van der Waals surface area contributed by atoms with Gasteiger partial charge >= 0.3 is 0 Å². The minimum absolute atomic E-state index is 0.110. The number of likely N-dealkylation sites (N-methyl/N-ethyl adjacent to an activating group) is 1. The van der Waals surface area contributed by atoms with Crippen LogP contribution in [-0.2, 0) is 7.05 Å². The van der Waals surface area contributed by atoms with Crippen LogP contribution in [0.4, 0.5) is 0 Å². The molecule has 1 aromatic rings. The molecule has 19 heavy (non-hydrogen) atoms. The Labute approximate surface area is 115 Å². The van der Waals surface area contributed by atoms with Crippen molar-refractivity contribution in [2.45, 2.75) is 39.7 Å². The molecule has 0 aliphatic carbocycles. The van der Waals surface area contributed by atoms with Crippen molar-refractivity contribution in [2.75, 3.05) is 19.6 Å². The summed E-state index contributed by atoms with van der Waals surface area (Å²) < 4.78 is 1.78. The highest BCUT2D eigenvalue weighted by Crippen LogP contribution is 2.16. The molecule has 1 saturated heterocycles. The highest BCUT2D eigenvalue weighted by atomic mass is 16.2. The van der Waals surface area contributed by atoms with Gasteiger partial charge in [-0.3, -0.25) is 9.48 Å². The number of amides is 1. The van der Waals surface area contributed by atoms with Crippen LogP contribution in [0.15, 0.2) is 0 Å². The van der Waals surface area contributed by atoms with Crippen LogP contribution in [0.2, 0.25) is 0 Å². The van der Waals surface area contributed by atoms with Gasteiger partial charge < -0.3 is 10.2 Å². The van der Waals surface area contributed by atoms with E-state index in [1.807, 2.05) is 32.7 Å². The second kappa shape index (κ2) is 5.74. The van der Waals surface area contributed by atoms with Crippen LogP contribution in [0.25, 0.3) is 0 Å². The molecule has 1 aliphatic rings. The first kappa shape index (κ1) is 14.1. The maximum atomic E-state index is 12.7. The van der Waals surface area contributed by atoms with Crippen LogP contribution in [0, 0.1) is 13.8 Å². The van der Waals surface area contributed by atoms with Crippen LogP contribution in [0.3, 0.4) is 0 Å². The van der Waals surface area contributed by atoms with Crippen molar-refractivity contribution < 1.29 is 4.79 Å². The predicted octanol–water partition coefficient (Wildman–Crippen LogP) is 1.25. The number of rotatable bonds is 4. The average Bonchev–Trinajstić information content (AvgIpc) is 2.96. The third-order valence-corrected chi connectivity index (χ3v) is 3.99. The summed E-state index contributed by atoms with van der Waals surface area (Å²) in [5.74, 6) is 0.110. The molecule has 1 N–H and O–H groups in total. The zero-order valence-corrected chi connectivity index (χ0v) is 12.4. The van der Waals surface area contributed by atoms with Gasteiger partial charge in [0.15, 0.2) is 0 Å². The summed E-state index contributed by atoms with van der Waals surface area (Å²) in [5.41, 5.74) is 2.53. The Morgan fingerprint density at radius 2 is 2.26 bits per heavy atom. The quantitative estimate of drug-likeness (QED) is 0.890. The normalized spacial score (nSPS) is 18.8. The molecular formula is C14H24N4O. The number of nitrogens with zero attached hydrogens (tertiary/aromatic N) is 3. The van der Waals surface area contributed by atoms with Gasteiger partial charge in [0.05, 0.1) is 11.3 Å². The molecule has 0 bridgehead atoms. The Bertz CT molecular complexity index is 460. The van der Waals surface area contributed by atoms with E-state index in [-0.39, 0.29) is 5.91 Å². The molecule has 1 fully saturated rings. The number of hydrogen-bond acceptors (Lipinski definition) is 3. The highest BCUT2D eigenvalue weighted by molar-refractivity contribution is 5.96. The van der Waals surface area contributed by atoms with E-state index in [1.165, 1.54) is 6.42 Å². The molecule has 1 aromatic heterocycles. The fraction of sp³-hybridized carbons (Fsp3) is 0.714. The second-order valence-electron chi connectivity index (χ2n) is 5.31. The maximum Gasteiger partial charge on any atom is 0.257 e. The first-order valence-electron chi connectivity index (χ1n) is 7.07. The molecule has 2 heterocycles. The Kier molecular flexibility index (Phi) is 4.24. The zero-order chi connectivity index (χ0) is 14.0. The minimum atomic E-state index is 0.110. The maximum absolute atomic E-state index is 12.7. The van der Waals surface area contributed by atoms with Crippen molar-refractivity contribution in [1.29, 1.82) is 0 Å². The Hall–Kier alpha value is -1.36. The molecule has 1 atom stereocenters. The molecule has 1 aliphatic heterocycles. The summed E-state index contributed by atoms with van der Waals surface area (Å²) in [5, 5.41) is 7.78. The molecule has 106 valence electrons. The molecule has 0 radical (unpaired) electrons. The summed E-state index contributed by atoms with van der Waals surface area (Å²) in [6, 6.07) is 0.446. The Morgan fingerprint density at radius 3 is 2.74 bits per heavy atom. The third kappa shape index (κ3) is 2.81. The molecule has 2 rings (SSSR count). The highest BCUT2D eigenvalue weighted by Gasteiger charge is 2.25. The minimum Gasteiger partial charge on any atom is -0.337 e. The molecule has 0 spiro atoms. The van der Waals surface area contributed by atoms with Gasteiger partial charge in [0.2, 0.25) is 0 Å². The first-order chi connectivity index (χ1) is 9.04. The summed E-state index contributed by atoms with van der Waals surface area (Å²) in [7, 11) is 1.88. The van der Waals surface area contributed by atoms with Gasteiger partial charge in [0, 0.05) is 31.9 Å². The summed E-state index contributed by atoms with van der Waals surface area (Å²) in [4.78, 5) is 14.6. The number of aromatic nitrogens is 2. The van der Waals surface area contributed by atoms with Crippen LogP contribution in [-0.4, -0.2) is 46.3 Å². The van der Waals surface area contributed by atoms with Crippen molar-refractivity contribution in [3.63, 3.8) is 0 Å². The smallest absolute Gasteiger partial charge is 0.257 e.